The molecular weight excluding hydrogens is 307 g/mol. The second-order valence-corrected chi connectivity index (χ2v) is 4.92. The fraction of sp³-hybridized carbons (Fsp3) is 0.0833. The monoisotopic (exact) mass is 315 g/mol. The first-order chi connectivity index (χ1) is 9.77. The Morgan fingerprint density at radius 2 is 1.95 bits per heavy atom. The van der Waals surface area contributed by atoms with Crippen LogP contribution in [0.15, 0.2) is 40.6 Å². The van der Waals surface area contributed by atoms with Crippen molar-refractivity contribution in [1.82, 2.24) is 9.97 Å². The molecule has 0 bridgehead atoms. The lowest BCUT2D eigenvalue weighted by Crippen LogP contribution is -2.05. The highest BCUT2D eigenvalue weighted by Gasteiger charge is 2.30. The fourth-order valence-corrected chi connectivity index (χ4v) is 2.10. The Labute approximate surface area is 121 Å². The van der Waals surface area contributed by atoms with Gasteiger partial charge in [0.15, 0.2) is 0 Å². The zero-order valence-corrected chi connectivity index (χ0v) is 11.1. The number of nitrogens with zero attached hydrogens (tertiary/aromatic N) is 2. The molecule has 0 fully saturated rings. The molecule has 0 aliphatic heterocycles. The molecule has 0 aromatic carbocycles. The van der Waals surface area contributed by atoms with Crippen LogP contribution in [0.5, 0.6) is 0 Å². The number of pyridine rings is 2. The Kier molecular flexibility index (Phi) is 4.03. The Balaban J connectivity index is 2.20. The van der Waals surface area contributed by atoms with Crippen LogP contribution < -0.4 is 5.73 Å². The van der Waals surface area contributed by atoms with E-state index < -0.39 is 17.7 Å². The van der Waals surface area contributed by atoms with Gasteiger partial charge in [0.2, 0.25) is 0 Å². The molecule has 0 unspecified atom stereocenters. The third-order valence-corrected chi connectivity index (χ3v) is 3.38. The van der Waals surface area contributed by atoms with Crippen LogP contribution in [0.4, 0.5) is 18.9 Å². The van der Waals surface area contributed by atoms with Gasteiger partial charge in [-0.25, -0.2) is 14.8 Å². The Morgan fingerprint density at radius 1 is 1.24 bits per heavy atom. The van der Waals surface area contributed by atoms with Gasteiger partial charge in [-0.15, -0.1) is 0 Å². The minimum Gasteiger partial charge on any atom is -0.478 e. The smallest absolute Gasteiger partial charge is 0.417 e. The van der Waals surface area contributed by atoms with E-state index in [0.717, 1.165) is 24.0 Å². The van der Waals surface area contributed by atoms with E-state index in [1.54, 1.807) is 0 Å². The number of aromatic carboxylic acids is 1. The number of hydrogen-bond donors (Lipinski definition) is 2. The minimum atomic E-state index is -4.45. The maximum atomic E-state index is 12.4. The van der Waals surface area contributed by atoms with E-state index in [1.807, 2.05) is 0 Å². The molecule has 5 nitrogen and oxygen atoms in total. The molecule has 21 heavy (non-hydrogen) atoms. The van der Waals surface area contributed by atoms with Gasteiger partial charge in [-0.3, -0.25) is 0 Å². The fourth-order valence-electron chi connectivity index (χ4n) is 1.38. The molecule has 9 heteroatoms. The SMILES string of the molecule is Nc1cc(C(=O)O)cnc1Sc1ccc(C(F)(F)F)cn1. The van der Waals surface area contributed by atoms with Crippen molar-refractivity contribution in [2.75, 3.05) is 5.73 Å². The predicted molar refractivity (Wildman–Crippen MR) is 69.0 cm³/mol. The summed E-state index contributed by atoms with van der Waals surface area (Å²) in [5.74, 6) is -1.17. The third kappa shape index (κ3) is 3.63. The number of carboxylic acid groups (broad SMARTS) is 1. The van der Waals surface area contributed by atoms with E-state index in [0.29, 0.717) is 6.20 Å². The number of anilines is 1. The van der Waals surface area contributed by atoms with Gasteiger partial charge in [-0.2, -0.15) is 13.2 Å². The summed E-state index contributed by atoms with van der Waals surface area (Å²) < 4.78 is 37.2. The molecule has 2 aromatic rings. The summed E-state index contributed by atoms with van der Waals surface area (Å²) >= 11 is 0.946. The molecule has 0 saturated carbocycles. The van der Waals surface area contributed by atoms with Crippen molar-refractivity contribution in [3.05, 3.63) is 41.7 Å². The summed E-state index contributed by atoms with van der Waals surface area (Å²) in [6.45, 7) is 0. The number of halogens is 3. The molecule has 110 valence electrons. The molecule has 0 spiro atoms. The Hall–Kier alpha value is -2.29. The lowest BCUT2D eigenvalue weighted by molar-refractivity contribution is -0.137. The van der Waals surface area contributed by atoms with Crippen LogP contribution in [0.1, 0.15) is 15.9 Å². The molecule has 2 rings (SSSR count). The van der Waals surface area contributed by atoms with Gasteiger partial charge in [0.1, 0.15) is 10.1 Å². The average molecular weight is 315 g/mol. The highest BCUT2D eigenvalue weighted by Crippen LogP contribution is 2.32. The highest BCUT2D eigenvalue weighted by atomic mass is 32.2. The second-order valence-electron chi connectivity index (χ2n) is 3.91. The summed E-state index contributed by atoms with van der Waals surface area (Å²) in [6, 6.07) is 3.32. The van der Waals surface area contributed by atoms with Crippen molar-refractivity contribution in [3.63, 3.8) is 0 Å². The largest absolute Gasteiger partial charge is 0.478 e. The zero-order chi connectivity index (χ0) is 15.6. The quantitative estimate of drug-likeness (QED) is 0.905. The van der Waals surface area contributed by atoms with Crippen molar-refractivity contribution in [1.29, 1.82) is 0 Å². The molecule has 0 saturated heterocycles. The second kappa shape index (κ2) is 5.60. The van der Waals surface area contributed by atoms with Crippen molar-refractivity contribution in [2.24, 2.45) is 0 Å². The normalized spacial score (nSPS) is 11.4. The molecule has 0 radical (unpaired) electrons. The van der Waals surface area contributed by atoms with Crippen LogP contribution in [0.25, 0.3) is 0 Å². The van der Waals surface area contributed by atoms with E-state index in [-0.39, 0.29) is 21.3 Å². The Bertz CT molecular complexity index is 674. The van der Waals surface area contributed by atoms with E-state index in [2.05, 4.69) is 9.97 Å². The predicted octanol–water partition coefficient (Wildman–Crippen LogP) is 2.93. The molecule has 0 aliphatic carbocycles. The molecule has 0 aliphatic rings. The highest BCUT2D eigenvalue weighted by molar-refractivity contribution is 7.99. The number of nitrogen functional groups attached to an aromatic ring is 1. The summed E-state index contributed by atoms with van der Waals surface area (Å²) in [4.78, 5) is 18.3. The van der Waals surface area contributed by atoms with Gasteiger partial charge in [0.05, 0.1) is 16.8 Å². The summed E-state index contributed by atoms with van der Waals surface area (Å²) in [5.41, 5.74) is 4.84. The van der Waals surface area contributed by atoms with E-state index in [9.17, 15) is 18.0 Å². The van der Waals surface area contributed by atoms with Crippen LogP contribution in [0.2, 0.25) is 0 Å². The van der Waals surface area contributed by atoms with Gasteiger partial charge in [-0.1, -0.05) is 0 Å². The number of carbonyl (C=O) groups is 1. The average Bonchev–Trinajstić information content (AvgIpc) is 2.40. The van der Waals surface area contributed by atoms with E-state index in [1.165, 1.54) is 12.1 Å². The summed E-state index contributed by atoms with van der Waals surface area (Å²) in [6.07, 6.45) is -2.62. The standard InChI is InChI=1S/C12H8F3N3O2S/c13-12(14,15)7-1-2-9(17-5-7)21-10-8(16)3-6(4-18-10)11(19)20/h1-5H,16H2,(H,19,20). The first-order valence-corrected chi connectivity index (χ1v) is 6.29. The van der Waals surface area contributed by atoms with Gasteiger partial charge >= 0.3 is 12.1 Å². The third-order valence-electron chi connectivity index (χ3n) is 2.39. The van der Waals surface area contributed by atoms with Crippen molar-refractivity contribution >= 4 is 23.4 Å². The van der Waals surface area contributed by atoms with Gasteiger partial charge in [-0.05, 0) is 30.0 Å². The number of aromatic nitrogens is 2. The lowest BCUT2D eigenvalue weighted by atomic mass is 10.3. The minimum absolute atomic E-state index is 0.0720. The topological polar surface area (TPSA) is 89.1 Å². The number of alkyl halides is 3. The van der Waals surface area contributed by atoms with Gasteiger partial charge in [0.25, 0.3) is 0 Å². The molecule has 0 atom stereocenters. The maximum Gasteiger partial charge on any atom is 0.417 e. The Morgan fingerprint density at radius 3 is 2.43 bits per heavy atom. The first kappa shape index (κ1) is 15.1. The molecule has 3 N–H and O–H groups in total. The molecule has 0 amide bonds. The molecule has 2 aromatic heterocycles. The van der Waals surface area contributed by atoms with Crippen LogP contribution >= 0.6 is 11.8 Å². The van der Waals surface area contributed by atoms with Gasteiger partial charge in [0, 0.05) is 12.4 Å². The number of hydrogen-bond acceptors (Lipinski definition) is 5. The van der Waals surface area contributed by atoms with Crippen LogP contribution in [-0.2, 0) is 6.18 Å². The summed E-state index contributed by atoms with van der Waals surface area (Å²) in [7, 11) is 0. The van der Waals surface area contributed by atoms with E-state index >= 15 is 0 Å². The molecular formula is C12H8F3N3O2S. The van der Waals surface area contributed by atoms with Crippen LogP contribution in [0, 0.1) is 0 Å². The van der Waals surface area contributed by atoms with Gasteiger partial charge < -0.3 is 10.8 Å². The van der Waals surface area contributed by atoms with Crippen LogP contribution in [-0.4, -0.2) is 21.0 Å². The van der Waals surface area contributed by atoms with Crippen molar-refractivity contribution in [3.8, 4) is 0 Å². The zero-order valence-electron chi connectivity index (χ0n) is 10.3. The lowest BCUT2D eigenvalue weighted by Gasteiger charge is -2.07. The molecule has 2 heterocycles. The van der Waals surface area contributed by atoms with E-state index in [4.69, 9.17) is 10.8 Å². The van der Waals surface area contributed by atoms with Crippen molar-refractivity contribution in [2.45, 2.75) is 16.2 Å². The summed E-state index contributed by atoms with van der Waals surface area (Å²) in [5, 5.41) is 9.31. The van der Waals surface area contributed by atoms with Crippen molar-refractivity contribution < 1.29 is 23.1 Å². The first-order valence-electron chi connectivity index (χ1n) is 5.47. The number of nitrogens with two attached hydrogens (primary N) is 1. The number of carboxylic acids is 1. The number of rotatable bonds is 3. The maximum absolute atomic E-state index is 12.4. The van der Waals surface area contributed by atoms with Crippen LogP contribution in [0.3, 0.4) is 0 Å².